The van der Waals surface area contributed by atoms with Gasteiger partial charge in [-0.05, 0) is 26.7 Å². The van der Waals surface area contributed by atoms with Gasteiger partial charge in [0.05, 0.1) is 0 Å². The Hall–Kier alpha value is -0.0800. The molecule has 62 valence electrons. The van der Waals surface area contributed by atoms with Crippen molar-refractivity contribution in [3.05, 3.63) is 0 Å². The zero-order valence-corrected chi connectivity index (χ0v) is 7.44. The van der Waals surface area contributed by atoms with Gasteiger partial charge in [0, 0.05) is 6.04 Å². The molecule has 0 fully saturated rings. The summed E-state index contributed by atoms with van der Waals surface area (Å²) in [5.41, 5.74) is -0.726. The summed E-state index contributed by atoms with van der Waals surface area (Å²) < 4.78 is 0. The number of hydrogen-bond acceptors (Lipinski definition) is 2. The molecule has 0 aliphatic rings. The van der Waals surface area contributed by atoms with Crippen LogP contribution in [0.4, 0.5) is 0 Å². The summed E-state index contributed by atoms with van der Waals surface area (Å²) in [5.74, 6) is 0. The van der Waals surface area contributed by atoms with E-state index in [2.05, 4.69) is 19.2 Å². The lowest BCUT2D eigenvalue weighted by Crippen LogP contribution is -2.45. The van der Waals surface area contributed by atoms with Gasteiger partial charge in [0.1, 0.15) is 5.72 Å². The van der Waals surface area contributed by atoms with Crippen LogP contribution < -0.4 is 5.32 Å². The average molecular weight is 145 g/mol. The van der Waals surface area contributed by atoms with E-state index >= 15 is 0 Å². The first-order valence-corrected chi connectivity index (χ1v) is 3.99. The minimum Gasteiger partial charge on any atom is -0.376 e. The predicted molar refractivity (Wildman–Crippen MR) is 43.8 cm³/mol. The fourth-order valence-electron chi connectivity index (χ4n) is 0.992. The van der Waals surface area contributed by atoms with E-state index in [1.54, 1.807) is 13.8 Å². The Balaban J connectivity index is 3.63. The van der Waals surface area contributed by atoms with Crippen molar-refractivity contribution in [2.45, 2.75) is 52.3 Å². The molecule has 0 saturated heterocycles. The highest BCUT2D eigenvalue weighted by molar-refractivity contribution is 4.70. The number of hydrogen-bond donors (Lipinski definition) is 2. The summed E-state index contributed by atoms with van der Waals surface area (Å²) in [6.45, 7) is 7.77. The van der Waals surface area contributed by atoms with Crippen LogP contribution >= 0.6 is 0 Å². The van der Waals surface area contributed by atoms with E-state index in [0.717, 1.165) is 12.8 Å². The molecule has 2 N–H and O–H groups in total. The molecule has 0 radical (unpaired) electrons. The maximum absolute atomic E-state index is 9.34. The Labute approximate surface area is 63.6 Å². The Morgan fingerprint density at radius 2 is 1.70 bits per heavy atom. The third-order valence-electron chi connectivity index (χ3n) is 1.54. The van der Waals surface area contributed by atoms with Crippen molar-refractivity contribution in [1.29, 1.82) is 0 Å². The smallest absolute Gasteiger partial charge is 0.110 e. The molecule has 0 saturated carbocycles. The Kier molecular flexibility index (Phi) is 3.91. The highest BCUT2D eigenvalue weighted by Crippen LogP contribution is 2.03. The van der Waals surface area contributed by atoms with E-state index < -0.39 is 5.72 Å². The van der Waals surface area contributed by atoms with Crippen LogP contribution in [0.3, 0.4) is 0 Å². The molecule has 2 heteroatoms. The van der Waals surface area contributed by atoms with Gasteiger partial charge in [-0.15, -0.1) is 0 Å². The second kappa shape index (κ2) is 3.94. The SMILES string of the molecule is CCC(CC)NC(C)(C)O. The molecule has 0 aliphatic carbocycles. The molecule has 0 unspecified atom stereocenters. The van der Waals surface area contributed by atoms with E-state index in [4.69, 9.17) is 0 Å². The lowest BCUT2D eigenvalue weighted by molar-refractivity contribution is 0.0298. The molecular formula is C8H19NO. The van der Waals surface area contributed by atoms with Crippen LogP contribution in [-0.2, 0) is 0 Å². The van der Waals surface area contributed by atoms with Crippen molar-refractivity contribution in [1.82, 2.24) is 5.32 Å². The van der Waals surface area contributed by atoms with Gasteiger partial charge in [0.2, 0.25) is 0 Å². The van der Waals surface area contributed by atoms with Gasteiger partial charge < -0.3 is 5.11 Å². The van der Waals surface area contributed by atoms with Crippen LogP contribution in [0, 0.1) is 0 Å². The van der Waals surface area contributed by atoms with Crippen molar-refractivity contribution in [3.63, 3.8) is 0 Å². The fourth-order valence-corrected chi connectivity index (χ4v) is 0.992. The van der Waals surface area contributed by atoms with Gasteiger partial charge in [0.25, 0.3) is 0 Å². The van der Waals surface area contributed by atoms with Crippen molar-refractivity contribution < 1.29 is 5.11 Å². The maximum atomic E-state index is 9.34. The Morgan fingerprint density at radius 1 is 1.30 bits per heavy atom. The third kappa shape index (κ3) is 4.77. The molecule has 0 aliphatic heterocycles. The van der Waals surface area contributed by atoms with Crippen molar-refractivity contribution in [3.8, 4) is 0 Å². The van der Waals surface area contributed by atoms with Crippen LogP contribution in [0.25, 0.3) is 0 Å². The average Bonchev–Trinajstić information content (AvgIpc) is 1.81. The van der Waals surface area contributed by atoms with Gasteiger partial charge in [-0.3, -0.25) is 5.32 Å². The lowest BCUT2D eigenvalue weighted by Gasteiger charge is -2.25. The standard InChI is InChI=1S/C8H19NO/c1-5-7(6-2)9-8(3,4)10/h7,9-10H,5-6H2,1-4H3. The second-order valence-corrected chi connectivity index (χ2v) is 3.22. The minimum atomic E-state index is -0.726. The second-order valence-electron chi connectivity index (χ2n) is 3.22. The quantitative estimate of drug-likeness (QED) is 0.587. The molecule has 0 rings (SSSR count). The van der Waals surface area contributed by atoms with Crippen molar-refractivity contribution in [2.75, 3.05) is 0 Å². The van der Waals surface area contributed by atoms with Gasteiger partial charge in [-0.2, -0.15) is 0 Å². The lowest BCUT2D eigenvalue weighted by atomic mass is 10.1. The van der Waals surface area contributed by atoms with Crippen LogP contribution in [0.2, 0.25) is 0 Å². The molecule has 0 bridgehead atoms. The van der Waals surface area contributed by atoms with E-state index in [0.29, 0.717) is 6.04 Å². The summed E-state index contributed by atoms with van der Waals surface area (Å²) in [7, 11) is 0. The first kappa shape index (κ1) is 9.92. The van der Waals surface area contributed by atoms with Crippen LogP contribution in [0.5, 0.6) is 0 Å². The molecular weight excluding hydrogens is 126 g/mol. The van der Waals surface area contributed by atoms with E-state index in [1.807, 2.05) is 0 Å². The van der Waals surface area contributed by atoms with Crippen LogP contribution in [0.1, 0.15) is 40.5 Å². The Bertz CT molecular complexity index is 81.7. The van der Waals surface area contributed by atoms with E-state index in [1.165, 1.54) is 0 Å². The highest BCUT2D eigenvalue weighted by atomic mass is 16.3. The molecule has 0 atom stereocenters. The fraction of sp³-hybridized carbons (Fsp3) is 1.00. The zero-order valence-electron chi connectivity index (χ0n) is 7.44. The topological polar surface area (TPSA) is 32.3 Å². The first-order chi connectivity index (χ1) is 4.49. The number of nitrogens with one attached hydrogen (secondary N) is 1. The monoisotopic (exact) mass is 145 g/mol. The van der Waals surface area contributed by atoms with E-state index in [-0.39, 0.29) is 0 Å². The molecule has 10 heavy (non-hydrogen) atoms. The summed E-state index contributed by atoms with van der Waals surface area (Å²) in [6, 6.07) is 0.444. The van der Waals surface area contributed by atoms with Crippen LogP contribution in [-0.4, -0.2) is 16.9 Å². The molecule has 2 nitrogen and oxygen atoms in total. The molecule has 0 aromatic heterocycles. The Morgan fingerprint density at radius 3 is 1.80 bits per heavy atom. The van der Waals surface area contributed by atoms with Gasteiger partial charge in [0.15, 0.2) is 0 Å². The minimum absolute atomic E-state index is 0.444. The number of rotatable bonds is 4. The van der Waals surface area contributed by atoms with E-state index in [9.17, 15) is 5.11 Å². The summed E-state index contributed by atoms with van der Waals surface area (Å²) >= 11 is 0. The first-order valence-electron chi connectivity index (χ1n) is 3.99. The zero-order chi connectivity index (χ0) is 8.20. The predicted octanol–water partition coefficient (Wildman–Crippen LogP) is 1.49. The number of aliphatic hydroxyl groups is 1. The summed E-state index contributed by atoms with van der Waals surface area (Å²) in [5, 5.41) is 12.5. The molecule has 0 amide bonds. The normalized spacial score (nSPS) is 12.6. The molecule has 0 aromatic rings. The van der Waals surface area contributed by atoms with Crippen LogP contribution in [0.15, 0.2) is 0 Å². The molecule has 0 heterocycles. The van der Waals surface area contributed by atoms with Gasteiger partial charge in [-0.25, -0.2) is 0 Å². The maximum Gasteiger partial charge on any atom is 0.110 e. The van der Waals surface area contributed by atoms with Gasteiger partial charge in [-0.1, -0.05) is 13.8 Å². The largest absolute Gasteiger partial charge is 0.376 e. The van der Waals surface area contributed by atoms with Gasteiger partial charge >= 0.3 is 0 Å². The summed E-state index contributed by atoms with van der Waals surface area (Å²) in [6.07, 6.45) is 2.14. The van der Waals surface area contributed by atoms with Crippen molar-refractivity contribution >= 4 is 0 Å². The third-order valence-corrected chi connectivity index (χ3v) is 1.54. The highest BCUT2D eigenvalue weighted by Gasteiger charge is 2.15. The van der Waals surface area contributed by atoms with Crippen molar-refractivity contribution in [2.24, 2.45) is 0 Å². The molecule has 0 aromatic carbocycles. The summed E-state index contributed by atoms with van der Waals surface area (Å²) in [4.78, 5) is 0. The molecule has 0 spiro atoms.